The third-order valence-electron chi connectivity index (χ3n) is 4.43. The molecule has 2 heterocycles. The highest BCUT2D eigenvalue weighted by molar-refractivity contribution is 7.18. The molecule has 1 N–H and O–H groups in total. The molecule has 152 valence electrons. The fraction of sp³-hybridized carbons (Fsp3) is 0.190. The van der Waals surface area contributed by atoms with Crippen molar-refractivity contribution >= 4 is 39.4 Å². The van der Waals surface area contributed by atoms with Gasteiger partial charge in [0.15, 0.2) is 5.13 Å². The maximum atomic E-state index is 12.8. The van der Waals surface area contributed by atoms with E-state index in [1.807, 2.05) is 43.3 Å². The van der Waals surface area contributed by atoms with Gasteiger partial charge in [-0.15, -0.1) is 5.10 Å². The number of nitrogens with one attached hydrogen (secondary N) is 1. The van der Waals surface area contributed by atoms with E-state index >= 15 is 0 Å². The normalized spacial score (nSPS) is 10.9. The average Bonchev–Trinajstić information content (AvgIpc) is 3.38. The minimum Gasteiger partial charge on any atom is -0.462 e. The van der Waals surface area contributed by atoms with Gasteiger partial charge in [0.1, 0.15) is 10.4 Å². The molecule has 0 saturated heterocycles. The molecule has 0 fully saturated rings. The van der Waals surface area contributed by atoms with Gasteiger partial charge in [0, 0.05) is 17.7 Å². The molecular weight excluding hydrogens is 402 g/mol. The van der Waals surface area contributed by atoms with Crippen LogP contribution in [0.3, 0.4) is 0 Å². The maximum Gasteiger partial charge on any atom is 0.350 e. The van der Waals surface area contributed by atoms with Gasteiger partial charge in [-0.05, 0) is 32.0 Å². The van der Waals surface area contributed by atoms with Crippen molar-refractivity contribution in [3.8, 4) is 11.3 Å². The van der Waals surface area contributed by atoms with Crippen LogP contribution in [-0.2, 0) is 11.3 Å². The highest BCUT2D eigenvalue weighted by Gasteiger charge is 2.22. The number of fused-ring (bicyclic) bond motifs is 1. The molecule has 0 bridgehead atoms. The summed E-state index contributed by atoms with van der Waals surface area (Å²) in [6, 6.07) is 14.5. The van der Waals surface area contributed by atoms with Crippen molar-refractivity contribution in [2.45, 2.75) is 20.4 Å². The zero-order valence-electron chi connectivity index (χ0n) is 16.5. The Labute approximate surface area is 176 Å². The molecule has 30 heavy (non-hydrogen) atoms. The molecule has 4 aromatic rings. The summed E-state index contributed by atoms with van der Waals surface area (Å²) >= 11 is 1.09. The quantitative estimate of drug-likeness (QED) is 0.473. The minimum absolute atomic E-state index is 0.255. The number of carbonyl (C=O) groups is 2. The Hall–Kier alpha value is -3.59. The number of thiazole rings is 1. The van der Waals surface area contributed by atoms with E-state index in [1.54, 1.807) is 23.7 Å². The second-order valence-electron chi connectivity index (χ2n) is 6.35. The second kappa shape index (κ2) is 8.42. The Balaban J connectivity index is 1.64. The largest absolute Gasteiger partial charge is 0.462 e. The van der Waals surface area contributed by atoms with Crippen LogP contribution in [0.25, 0.3) is 22.3 Å². The number of hydrogen-bond donors (Lipinski definition) is 1. The monoisotopic (exact) mass is 421 g/mol. The van der Waals surface area contributed by atoms with Crippen LogP contribution in [0.4, 0.5) is 5.13 Å². The smallest absolute Gasteiger partial charge is 0.350 e. The molecular formula is C21H19N5O3S. The Morgan fingerprint density at radius 2 is 1.93 bits per heavy atom. The third kappa shape index (κ3) is 3.79. The van der Waals surface area contributed by atoms with Crippen molar-refractivity contribution in [1.82, 2.24) is 20.0 Å². The summed E-state index contributed by atoms with van der Waals surface area (Å²) in [5, 5.41) is 11.3. The number of aromatic nitrogens is 4. The van der Waals surface area contributed by atoms with Crippen molar-refractivity contribution in [1.29, 1.82) is 0 Å². The lowest BCUT2D eigenvalue weighted by atomic mass is 10.1. The number of benzene rings is 2. The molecule has 0 unspecified atom stereocenters. The van der Waals surface area contributed by atoms with Gasteiger partial charge in [-0.25, -0.2) is 14.5 Å². The SMILES string of the molecule is CCOC(=O)c1sc(NC(=O)c2ccc3c(c2)nnn3CC)nc1-c1ccccc1. The molecule has 0 radical (unpaired) electrons. The zero-order valence-corrected chi connectivity index (χ0v) is 17.3. The summed E-state index contributed by atoms with van der Waals surface area (Å²) in [7, 11) is 0. The van der Waals surface area contributed by atoms with Gasteiger partial charge in [-0.1, -0.05) is 46.9 Å². The Bertz CT molecular complexity index is 1220. The number of rotatable bonds is 6. The van der Waals surface area contributed by atoms with Gasteiger partial charge in [0.25, 0.3) is 5.91 Å². The molecule has 9 heteroatoms. The van der Waals surface area contributed by atoms with Crippen LogP contribution >= 0.6 is 11.3 Å². The van der Waals surface area contributed by atoms with Crippen LogP contribution in [-0.4, -0.2) is 38.5 Å². The van der Waals surface area contributed by atoms with Crippen molar-refractivity contribution < 1.29 is 14.3 Å². The predicted molar refractivity (Wildman–Crippen MR) is 115 cm³/mol. The number of esters is 1. The van der Waals surface area contributed by atoms with Gasteiger partial charge in [0.05, 0.1) is 17.8 Å². The Morgan fingerprint density at radius 3 is 2.67 bits per heavy atom. The average molecular weight is 421 g/mol. The predicted octanol–water partition coefficient (Wildman–Crippen LogP) is 4.00. The van der Waals surface area contributed by atoms with E-state index in [9.17, 15) is 9.59 Å². The zero-order chi connectivity index (χ0) is 21.1. The molecule has 1 amide bonds. The van der Waals surface area contributed by atoms with Crippen LogP contribution in [0, 0.1) is 0 Å². The first kappa shape index (κ1) is 19.7. The van der Waals surface area contributed by atoms with Crippen LogP contribution in [0.1, 0.15) is 33.9 Å². The summed E-state index contributed by atoms with van der Waals surface area (Å²) in [6.45, 7) is 4.67. The molecule has 0 aliphatic heterocycles. The van der Waals surface area contributed by atoms with Gasteiger partial charge < -0.3 is 4.74 Å². The summed E-state index contributed by atoms with van der Waals surface area (Å²) in [5.74, 6) is -0.807. The van der Waals surface area contributed by atoms with Crippen molar-refractivity contribution in [2.24, 2.45) is 0 Å². The van der Waals surface area contributed by atoms with Gasteiger partial charge in [-0.2, -0.15) is 0 Å². The van der Waals surface area contributed by atoms with E-state index in [0.29, 0.717) is 33.3 Å². The van der Waals surface area contributed by atoms with E-state index < -0.39 is 5.97 Å². The summed E-state index contributed by atoms with van der Waals surface area (Å²) in [6.07, 6.45) is 0. The van der Waals surface area contributed by atoms with Gasteiger partial charge >= 0.3 is 5.97 Å². The maximum absolute atomic E-state index is 12.8. The molecule has 0 aliphatic carbocycles. The highest BCUT2D eigenvalue weighted by atomic mass is 32.1. The molecule has 0 saturated carbocycles. The van der Waals surface area contributed by atoms with E-state index in [0.717, 1.165) is 22.4 Å². The summed E-state index contributed by atoms with van der Waals surface area (Å²) in [4.78, 5) is 30.0. The summed E-state index contributed by atoms with van der Waals surface area (Å²) < 4.78 is 6.91. The lowest BCUT2D eigenvalue weighted by molar-refractivity contribution is 0.0532. The second-order valence-corrected chi connectivity index (χ2v) is 7.35. The van der Waals surface area contributed by atoms with Gasteiger partial charge in [-0.3, -0.25) is 10.1 Å². The summed E-state index contributed by atoms with van der Waals surface area (Å²) in [5.41, 5.74) is 3.19. The van der Waals surface area contributed by atoms with E-state index in [2.05, 4.69) is 20.6 Å². The van der Waals surface area contributed by atoms with Crippen molar-refractivity contribution in [3.05, 3.63) is 59.0 Å². The number of carbonyl (C=O) groups excluding carboxylic acids is 2. The van der Waals surface area contributed by atoms with E-state index in [1.165, 1.54) is 0 Å². The lowest BCUT2D eigenvalue weighted by Crippen LogP contribution is -2.11. The van der Waals surface area contributed by atoms with Crippen LogP contribution in [0.5, 0.6) is 0 Å². The fourth-order valence-electron chi connectivity index (χ4n) is 3.02. The van der Waals surface area contributed by atoms with Crippen LogP contribution in [0.15, 0.2) is 48.5 Å². The molecule has 2 aromatic heterocycles. The number of ether oxygens (including phenoxy) is 1. The molecule has 4 rings (SSSR count). The van der Waals surface area contributed by atoms with Crippen LogP contribution in [0.2, 0.25) is 0 Å². The first-order valence-corrected chi connectivity index (χ1v) is 10.3. The molecule has 8 nitrogen and oxygen atoms in total. The van der Waals surface area contributed by atoms with E-state index in [4.69, 9.17) is 4.74 Å². The number of amides is 1. The molecule has 0 spiro atoms. The molecule has 0 aliphatic rings. The van der Waals surface area contributed by atoms with E-state index in [-0.39, 0.29) is 12.5 Å². The Kier molecular flexibility index (Phi) is 5.53. The first-order chi connectivity index (χ1) is 14.6. The topological polar surface area (TPSA) is 99.0 Å². The fourth-order valence-corrected chi connectivity index (χ4v) is 3.89. The highest BCUT2D eigenvalue weighted by Crippen LogP contribution is 2.32. The van der Waals surface area contributed by atoms with Crippen molar-refractivity contribution in [3.63, 3.8) is 0 Å². The van der Waals surface area contributed by atoms with Crippen LogP contribution < -0.4 is 5.32 Å². The van der Waals surface area contributed by atoms with Crippen molar-refractivity contribution in [2.75, 3.05) is 11.9 Å². The standard InChI is InChI=1S/C21H19N5O3S/c1-3-26-16-11-10-14(12-15(16)24-25-26)19(27)23-21-22-17(13-8-6-5-7-9-13)18(30-21)20(28)29-4-2/h5-12H,3-4H2,1-2H3,(H,22,23,27). The minimum atomic E-state index is -0.466. The molecule has 2 aromatic carbocycles. The number of hydrogen-bond acceptors (Lipinski definition) is 7. The first-order valence-electron chi connectivity index (χ1n) is 9.48. The number of nitrogens with zero attached hydrogens (tertiary/aromatic N) is 4. The Morgan fingerprint density at radius 1 is 1.13 bits per heavy atom. The van der Waals surface area contributed by atoms with Gasteiger partial charge in [0.2, 0.25) is 0 Å². The third-order valence-corrected chi connectivity index (χ3v) is 5.38. The molecule has 0 atom stereocenters. The number of anilines is 1. The lowest BCUT2D eigenvalue weighted by Gasteiger charge is -2.02. The number of aryl methyl sites for hydroxylation is 1.